The van der Waals surface area contributed by atoms with Crippen molar-refractivity contribution in [1.82, 2.24) is 4.90 Å². The van der Waals surface area contributed by atoms with Gasteiger partial charge in [0.2, 0.25) is 5.91 Å². The predicted molar refractivity (Wildman–Crippen MR) is 94.1 cm³/mol. The Hall–Kier alpha value is -1.81. The van der Waals surface area contributed by atoms with Gasteiger partial charge in [-0.1, -0.05) is 18.2 Å². The predicted octanol–water partition coefficient (Wildman–Crippen LogP) is 3.92. The molecule has 2 aromatic rings. The van der Waals surface area contributed by atoms with Crippen molar-refractivity contribution in [2.45, 2.75) is 38.6 Å². The Morgan fingerprint density at radius 3 is 2.65 bits per heavy atom. The van der Waals surface area contributed by atoms with Crippen LogP contribution in [0.2, 0.25) is 0 Å². The molecule has 0 aliphatic heterocycles. The van der Waals surface area contributed by atoms with E-state index in [1.807, 2.05) is 31.2 Å². The number of thiophene rings is 1. The molecular weight excluding hydrogens is 306 g/mol. The molecule has 0 atom stereocenters. The highest BCUT2D eigenvalue weighted by Gasteiger charge is 2.32. The Balaban J connectivity index is 1.57. The third-order valence-electron chi connectivity index (χ3n) is 4.08. The first-order chi connectivity index (χ1) is 11.3. The van der Waals surface area contributed by atoms with Crippen LogP contribution in [0.4, 0.5) is 0 Å². The summed E-state index contributed by atoms with van der Waals surface area (Å²) in [7, 11) is 0. The van der Waals surface area contributed by atoms with E-state index in [1.165, 1.54) is 4.88 Å². The van der Waals surface area contributed by atoms with Crippen LogP contribution in [0.1, 0.15) is 30.2 Å². The third-order valence-corrected chi connectivity index (χ3v) is 5.01. The van der Waals surface area contributed by atoms with Gasteiger partial charge in [0.05, 0.1) is 13.0 Å². The van der Waals surface area contributed by atoms with E-state index >= 15 is 0 Å². The lowest BCUT2D eigenvalue weighted by Gasteiger charge is -2.22. The summed E-state index contributed by atoms with van der Waals surface area (Å²) in [4.78, 5) is 16.1. The van der Waals surface area contributed by atoms with Gasteiger partial charge in [-0.2, -0.15) is 0 Å². The van der Waals surface area contributed by atoms with Crippen LogP contribution in [0.5, 0.6) is 5.75 Å². The van der Waals surface area contributed by atoms with E-state index < -0.39 is 0 Å². The summed E-state index contributed by atoms with van der Waals surface area (Å²) >= 11 is 1.77. The standard InChI is InChI=1S/C19H23NO2S/c1-2-22-17-9-5-15(6-10-17)14-19(21)20(16-7-8-16)12-11-18-4-3-13-23-18/h3-6,9-10,13,16H,2,7-8,11-12,14H2,1H3. The maximum Gasteiger partial charge on any atom is 0.227 e. The molecule has 1 aromatic carbocycles. The Morgan fingerprint density at radius 1 is 1.26 bits per heavy atom. The number of ether oxygens (including phenoxy) is 1. The second kappa shape index (κ2) is 7.64. The fourth-order valence-electron chi connectivity index (χ4n) is 2.73. The fourth-order valence-corrected chi connectivity index (χ4v) is 3.43. The number of amides is 1. The quantitative estimate of drug-likeness (QED) is 0.734. The molecule has 0 spiro atoms. The van der Waals surface area contributed by atoms with Crippen molar-refractivity contribution < 1.29 is 9.53 Å². The van der Waals surface area contributed by atoms with Gasteiger partial charge in [0.15, 0.2) is 0 Å². The zero-order valence-electron chi connectivity index (χ0n) is 13.5. The molecule has 0 N–H and O–H groups in total. The monoisotopic (exact) mass is 329 g/mol. The van der Waals surface area contributed by atoms with Gasteiger partial charge in [-0.15, -0.1) is 11.3 Å². The number of carbonyl (C=O) groups excluding carboxylic acids is 1. The number of benzene rings is 1. The summed E-state index contributed by atoms with van der Waals surface area (Å²) in [5, 5.41) is 2.10. The second-order valence-corrected chi connectivity index (χ2v) is 6.93. The Kier molecular flexibility index (Phi) is 5.34. The molecule has 0 saturated heterocycles. The van der Waals surface area contributed by atoms with Crippen molar-refractivity contribution in [3.05, 3.63) is 52.2 Å². The molecule has 3 nitrogen and oxygen atoms in total. The van der Waals surface area contributed by atoms with Crippen LogP contribution in [-0.2, 0) is 17.6 Å². The van der Waals surface area contributed by atoms with E-state index in [0.29, 0.717) is 19.1 Å². The summed E-state index contributed by atoms with van der Waals surface area (Å²) in [6.45, 7) is 3.47. The number of hydrogen-bond donors (Lipinski definition) is 0. The summed E-state index contributed by atoms with van der Waals surface area (Å²) in [5.74, 6) is 1.11. The number of hydrogen-bond acceptors (Lipinski definition) is 3. The highest BCUT2D eigenvalue weighted by Crippen LogP contribution is 2.28. The van der Waals surface area contributed by atoms with E-state index in [-0.39, 0.29) is 5.91 Å². The minimum absolute atomic E-state index is 0.244. The lowest BCUT2D eigenvalue weighted by atomic mass is 10.1. The molecule has 1 aliphatic rings. The lowest BCUT2D eigenvalue weighted by molar-refractivity contribution is -0.131. The zero-order valence-corrected chi connectivity index (χ0v) is 14.3. The van der Waals surface area contributed by atoms with Crippen LogP contribution in [0.25, 0.3) is 0 Å². The molecule has 1 saturated carbocycles. The van der Waals surface area contributed by atoms with Crippen LogP contribution in [0.15, 0.2) is 41.8 Å². The topological polar surface area (TPSA) is 29.5 Å². The smallest absolute Gasteiger partial charge is 0.227 e. The van der Waals surface area contributed by atoms with Crippen molar-refractivity contribution in [2.24, 2.45) is 0 Å². The summed E-state index contributed by atoms with van der Waals surface area (Å²) in [6.07, 6.45) is 3.75. The van der Waals surface area contributed by atoms with Crippen LogP contribution in [0, 0.1) is 0 Å². The van der Waals surface area contributed by atoms with E-state index in [1.54, 1.807) is 11.3 Å². The van der Waals surface area contributed by atoms with Crippen molar-refractivity contribution in [3.8, 4) is 5.75 Å². The molecule has 0 unspecified atom stereocenters. The fraction of sp³-hybridized carbons (Fsp3) is 0.421. The molecule has 1 heterocycles. The van der Waals surface area contributed by atoms with Crippen LogP contribution in [-0.4, -0.2) is 30.0 Å². The van der Waals surface area contributed by atoms with Gasteiger partial charge >= 0.3 is 0 Å². The Bertz CT molecular complexity index is 617. The van der Waals surface area contributed by atoms with E-state index in [0.717, 1.165) is 37.1 Å². The van der Waals surface area contributed by atoms with Gasteiger partial charge in [0.25, 0.3) is 0 Å². The van der Waals surface area contributed by atoms with Crippen LogP contribution >= 0.6 is 11.3 Å². The Morgan fingerprint density at radius 2 is 2.04 bits per heavy atom. The molecule has 1 aromatic heterocycles. The zero-order chi connectivity index (χ0) is 16.1. The highest BCUT2D eigenvalue weighted by molar-refractivity contribution is 7.09. The summed E-state index contributed by atoms with van der Waals surface area (Å²) in [6, 6.07) is 12.6. The molecular formula is C19H23NO2S. The normalized spacial score (nSPS) is 13.8. The molecule has 1 fully saturated rings. The molecule has 4 heteroatoms. The lowest BCUT2D eigenvalue weighted by Crippen LogP contribution is -2.35. The molecule has 23 heavy (non-hydrogen) atoms. The van der Waals surface area contributed by atoms with E-state index in [4.69, 9.17) is 4.74 Å². The van der Waals surface area contributed by atoms with Crippen LogP contribution in [0.3, 0.4) is 0 Å². The number of nitrogens with zero attached hydrogens (tertiary/aromatic N) is 1. The van der Waals surface area contributed by atoms with E-state index in [2.05, 4.69) is 22.4 Å². The molecule has 3 rings (SSSR count). The third kappa shape index (κ3) is 4.58. The molecule has 1 aliphatic carbocycles. The van der Waals surface area contributed by atoms with Gasteiger partial charge in [-0.25, -0.2) is 0 Å². The van der Waals surface area contributed by atoms with Gasteiger partial charge in [0.1, 0.15) is 5.75 Å². The molecule has 0 bridgehead atoms. The average molecular weight is 329 g/mol. The van der Waals surface area contributed by atoms with Crippen molar-refractivity contribution in [3.63, 3.8) is 0 Å². The van der Waals surface area contributed by atoms with Gasteiger partial charge in [0, 0.05) is 17.5 Å². The van der Waals surface area contributed by atoms with Crippen molar-refractivity contribution in [1.29, 1.82) is 0 Å². The molecule has 122 valence electrons. The summed E-state index contributed by atoms with van der Waals surface area (Å²) < 4.78 is 5.45. The van der Waals surface area contributed by atoms with Crippen molar-refractivity contribution in [2.75, 3.05) is 13.2 Å². The van der Waals surface area contributed by atoms with Gasteiger partial charge in [-0.05, 0) is 55.3 Å². The SMILES string of the molecule is CCOc1ccc(CC(=O)N(CCc2cccs2)C2CC2)cc1. The number of rotatable bonds is 8. The number of carbonyl (C=O) groups is 1. The summed E-state index contributed by atoms with van der Waals surface area (Å²) in [5.41, 5.74) is 1.06. The molecule has 1 amide bonds. The van der Waals surface area contributed by atoms with Crippen LogP contribution < -0.4 is 4.74 Å². The first-order valence-corrected chi connectivity index (χ1v) is 9.18. The largest absolute Gasteiger partial charge is 0.494 e. The first kappa shape index (κ1) is 16.1. The maximum absolute atomic E-state index is 12.7. The van der Waals surface area contributed by atoms with Gasteiger partial charge in [-0.3, -0.25) is 4.79 Å². The first-order valence-electron chi connectivity index (χ1n) is 8.30. The highest BCUT2D eigenvalue weighted by atomic mass is 32.1. The van der Waals surface area contributed by atoms with E-state index in [9.17, 15) is 4.79 Å². The maximum atomic E-state index is 12.7. The average Bonchev–Trinajstić information content (AvgIpc) is 3.25. The van der Waals surface area contributed by atoms with Crippen molar-refractivity contribution >= 4 is 17.2 Å². The van der Waals surface area contributed by atoms with Gasteiger partial charge < -0.3 is 9.64 Å². The minimum atomic E-state index is 0.244. The Labute approximate surface area is 141 Å². The minimum Gasteiger partial charge on any atom is -0.494 e. The second-order valence-electron chi connectivity index (χ2n) is 5.90. The molecule has 0 radical (unpaired) electrons.